The predicted molar refractivity (Wildman–Crippen MR) is 73.0 cm³/mol. The van der Waals surface area contributed by atoms with Gasteiger partial charge in [0.2, 0.25) is 0 Å². The quantitative estimate of drug-likeness (QED) is 0.735. The number of hydrogen-bond donors (Lipinski definition) is 0. The molecule has 2 aromatic rings. The van der Waals surface area contributed by atoms with Gasteiger partial charge < -0.3 is 9.47 Å². The minimum atomic E-state index is -0.154. The van der Waals surface area contributed by atoms with Gasteiger partial charge in [-0.25, -0.2) is 0 Å². The van der Waals surface area contributed by atoms with E-state index < -0.39 is 0 Å². The van der Waals surface area contributed by atoms with E-state index >= 15 is 0 Å². The van der Waals surface area contributed by atoms with Crippen LogP contribution in [0.1, 0.15) is 11.7 Å². The first-order valence-corrected chi connectivity index (χ1v) is 5.81. The lowest BCUT2D eigenvalue weighted by Gasteiger charge is -2.16. The highest BCUT2D eigenvalue weighted by atomic mass is 16.5. The highest BCUT2D eigenvalue weighted by Crippen LogP contribution is 2.25. The van der Waals surface area contributed by atoms with Crippen molar-refractivity contribution in [3.63, 3.8) is 0 Å². The maximum absolute atomic E-state index is 5.89. The van der Waals surface area contributed by atoms with Crippen LogP contribution >= 0.6 is 0 Å². The Labute approximate surface area is 107 Å². The summed E-state index contributed by atoms with van der Waals surface area (Å²) in [5, 5.41) is 0. The normalized spacial score (nSPS) is 11.6. The van der Waals surface area contributed by atoms with Crippen LogP contribution in [0.25, 0.3) is 0 Å². The molecule has 2 rings (SSSR count). The van der Waals surface area contributed by atoms with Gasteiger partial charge in [0.25, 0.3) is 0 Å². The Morgan fingerprint density at radius 1 is 1.00 bits per heavy atom. The van der Waals surface area contributed by atoms with Gasteiger partial charge in [0, 0.05) is 6.07 Å². The molecule has 0 bridgehead atoms. The summed E-state index contributed by atoms with van der Waals surface area (Å²) in [6.45, 7) is 3.82. The molecule has 2 heteroatoms. The Kier molecular flexibility index (Phi) is 4.02. The van der Waals surface area contributed by atoms with Crippen LogP contribution in [0.5, 0.6) is 11.5 Å². The van der Waals surface area contributed by atoms with E-state index in [0.717, 1.165) is 17.1 Å². The molecule has 1 unspecified atom stereocenters. The van der Waals surface area contributed by atoms with Crippen LogP contribution in [0.4, 0.5) is 0 Å². The lowest BCUT2D eigenvalue weighted by molar-refractivity contribution is 0.254. The van der Waals surface area contributed by atoms with E-state index in [-0.39, 0.29) is 6.10 Å². The molecule has 0 aromatic heterocycles. The van der Waals surface area contributed by atoms with Crippen LogP contribution < -0.4 is 9.47 Å². The zero-order valence-corrected chi connectivity index (χ0v) is 10.4. The van der Waals surface area contributed by atoms with E-state index in [1.54, 1.807) is 13.2 Å². The van der Waals surface area contributed by atoms with Crippen LogP contribution in [0, 0.1) is 0 Å². The second-order valence-corrected chi connectivity index (χ2v) is 3.86. The van der Waals surface area contributed by atoms with E-state index in [9.17, 15) is 0 Å². The molecule has 0 heterocycles. The van der Waals surface area contributed by atoms with Gasteiger partial charge in [-0.1, -0.05) is 43.0 Å². The first kappa shape index (κ1) is 12.2. The fourth-order valence-electron chi connectivity index (χ4n) is 1.72. The van der Waals surface area contributed by atoms with Crippen molar-refractivity contribution in [3.8, 4) is 11.5 Å². The summed E-state index contributed by atoms with van der Waals surface area (Å²) in [5.41, 5.74) is 1.08. The molecule has 0 aliphatic rings. The van der Waals surface area contributed by atoms with Gasteiger partial charge in [-0.3, -0.25) is 0 Å². The molecule has 1 atom stereocenters. The number of benzene rings is 2. The van der Waals surface area contributed by atoms with Crippen molar-refractivity contribution in [3.05, 3.63) is 72.8 Å². The molecule has 0 aliphatic heterocycles. The molecule has 0 saturated carbocycles. The van der Waals surface area contributed by atoms with Crippen LogP contribution in [0.2, 0.25) is 0 Å². The van der Waals surface area contributed by atoms with Crippen LogP contribution in [0.15, 0.2) is 67.3 Å². The Bertz CT molecular complexity index is 506. The molecule has 0 saturated heterocycles. The summed E-state index contributed by atoms with van der Waals surface area (Å²) in [6.07, 6.45) is 1.63. The maximum Gasteiger partial charge on any atom is 0.142 e. The largest absolute Gasteiger partial charge is 0.497 e. The minimum Gasteiger partial charge on any atom is -0.497 e. The van der Waals surface area contributed by atoms with Gasteiger partial charge in [-0.2, -0.15) is 0 Å². The van der Waals surface area contributed by atoms with E-state index in [0.29, 0.717) is 0 Å². The number of methoxy groups -OCH3 is 1. The van der Waals surface area contributed by atoms with Crippen LogP contribution in [-0.4, -0.2) is 7.11 Å². The maximum atomic E-state index is 5.89. The first-order valence-electron chi connectivity index (χ1n) is 5.81. The SMILES string of the molecule is C=CC(Oc1cccc(OC)c1)c1ccccc1. The molecule has 92 valence electrons. The third kappa shape index (κ3) is 2.92. The summed E-state index contributed by atoms with van der Waals surface area (Å²) < 4.78 is 11.1. The third-order valence-electron chi connectivity index (χ3n) is 2.65. The highest BCUT2D eigenvalue weighted by molar-refractivity contribution is 5.34. The molecular weight excluding hydrogens is 224 g/mol. The standard InChI is InChI=1S/C16H16O2/c1-3-16(13-8-5-4-6-9-13)18-15-11-7-10-14(12-15)17-2/h3-12,16H,1H2,2H3. The molecule has 0 amide bonds. The molecule has 0 aliphatic carbocycles. The highest BCUT2D eigenvalue weighted by Gasteiger charge is 2.08. The van der Waals surface area contributed by atoms with Gasteiger partial charge in [0.05, 0.1) is 7.11 Å². The second kappa shape index (κ2) is 5.92. The van der Waals surface area contributed by atoms with Gasteiger partial charge in [0.1, 0.15) is 17.6 Å². The lowest BCUT2D eigenvalue weighted by atomic mass is 10.1. The molecule has 0 N–H and O–H groups in total. The predicted octanol–water partition coefficient (Wildman–Crippen LogP) is 4.00. The monoisotopic (exact) mass is 240 g/mol. The van der Waals surface area contributed by atoms with Gasteiger partial charge >= 0.3 is 0 Å². The number of hydrogen-bond acceptors (Lipinski definition) is 2. The van der Waals surface area contributed by atoms with E-state index in [4.69, 9.17) is 9.47 Å². The molecule has 0 spiro atoms. The molecule has 0 radical (unpaired) electrons. The van der Waals surface area contributed by atoms with Crippen molar-refractivity contribution < 1.29 is 9.47 Å². The Hall–Kier alpha value is -2.22. The zero-order chi connectivity index (χ0) is 12.8. The van der Waals surface area contributed by atoms with Crippen molar-refractivity contribution in [2.24, 2.45) is 0 Å². The average Bonchev–Trinajstić information content (AvgIpc) is 2.46. The van der Waals surface area contributed by atoms with E-state index in [2.05, 4.69) is 6.58 Å². The van der Waals surface area contributed by atoms with Crippen molar-refractivity contribution >= 4 is 0 Å². The molecular formula is C16H16O2. The van der Waals surface area contributed by atoms with Gasteiger partial charge in [0.15, 0.2) is 0 Å². The summed E-state index contributed by atoms with van der Waals surface area (Å²) >= 11 is 0. The minimum absolute atomic E-state index is 0.154. The molecule has 2 aromatic carbocycles. The summed E-state index contributed by atoms with van der Waals surface area (Å²) in [6, 6.07) is 17.6. The second-order valence-electron chi connectivity index (χ2n) is 3.86. The topological polar surface area (TPSA) is 18.5 Å². The Balaban J connectivity index is 2.18. The molecule has 2 nitrogen and oxygen atoms in total. The lowest BCUT2D eigenvalue weighted by Crippen LogP contribution is -2.04. The fourth-order valence-corrected chi connectivity index (χ4v) is 1.72. The van der Waals surface area contributed by atoms with Crippen molar-refractivity contribution in [1.29, 1.82) is 0 Å². The van der Waals surface area contributed by atoms with Crippen molar-refractivity contribution in [2.45, 2.75) is 6.10 Å². The number of rotatable bonds is 5. The summed E-state index contributed by atoms with van der Waals surface area (Å²) in [5.74, 6) is 1.55. The van der Waals surface area contributed by atoms with Gasteiger partial charge in [-0.05, 0) is 23.8 Å². The summed E-state index contributed by atoms with van der Waals surface area (Å²) in [7, 11) is 1.64. The van der Waals surface area contributed by atoms with Crippen LogP contribution in [-0.2, 0) is 0 Å². The Morgan fingerprint density at radius 3 is 2.39 bits per heavy atom. The number of ether oxygens (including phenoxy) is 2. The zero-order valence-electron chi connectivity index (χ0n) is 10.4. The molecule has 18 heavy (non-hydrogen) atoms. The summed E-state index contributed by atoms with van der Waals surface area (Å²) in [4.78, 5) is 0. The third-order valence-corrected chi connectivity index (χ3v) is 2.65. The van der Waals surface area contributed by atoms with Crippen LogP contribution in [0.3, 0.4) is 0 Å². The Morgan fingerprint density at radius 2 is 1.72 bits per heavy atom. The van der Waals surface area contributed by atoms with Crippen molar-refractivity contribution in [1.82, 2.24) is 0 Å². The smallest absolute Gasteiger partial charge is 0.142 e. The van der Waals surface area contributed by atoms with Crippen molar-refractivity contribution in [2.75, 3.05) is 7.11 Å². The van der Waals surface area contributed by atoms with E-state index in [1.165, 1.54) is 0 Å². The molecule has 0 fully saturated rings. The first-order chi connectivity index (χ1) is 8.83. The van der Waals surface area contributed by atoms with Gasteiger partial charge in [-0.15, -0.1) is 0 Å². The average molecular weight is 240 g/mol. The fraction of sp³-hybridized carbons (Fsp3) is 0.125. The van der Waals surface area contributed by atoms with E-state index in [1.807, 2.05) is 54.6 Å².